The molecule has 3 aromatic carbocycles. The van der Waals surface area contributed by atoms with Crippen LogP contribution in [-0.2, 0) is 13.0 Å². The molecule has 2 N–H and O–H groups in total. The first-order chi connectivity index (χ1) is 13.1. The number of rotatable bonds is 2. The van der Waals surface area contributed by atoms with Crippen LogP contribution in [-0.4, -0.2) is 24.4 Å². The average Bonchev–Trinajstić information content (AvgIpc) is 3.16. The highest BCUT2D eigenvalue weighted by Crippen LogP contribution is 2.42. The minimum atomic E-state index is 0.133. The summed E-state index contributed by atoms with van der Waals surface area (Å²) in [6.45, 7) is 0.890. The molecule has 0 bridgehead atoms. The van der Waals surface area contributed by atoms with Gasteiger partial charge in [-0.15, -0.1) is 0 Å². The van der Waals surface area contributed by atoms with Gasteiger partial charge < -0.3 is 19.7 Å². The molecule has 136 valence electrons. The second kappa shape index (κ2) is 5.64. The first-order valence-corrected chi connectivity index (χ1v) is 9.02. The summed E-state index contributed by atoms with van der Waals surface area (Å²) in [5.41, 5.74) is 2.23. The number of hydrogen-bond acceptors (Lipinski definition) is 4. The van der Waals surface area contributed by atoms with E-state index in [1.165, 1.54) is 0 Å². The summed E-state index contributed by atoms with van der Waals surface area (Å²) >= 11 is 0. The molecule has 0 saturated heterocycles. The zero-order valence-electron chi connectivity index (χ0n) is 15.2. The molecule has 0 aliphatic carbocycles. The molecule has 1 aliphatic rings. The predicted molar refractivity (Wildman–Crippen MR) is 104 cm³/mol. The van der Waals surface area contributed by atoms with E-state index in [4.69, 9.17) is 9.47 Å². The van der Waals surface area contributed by atoms with E-state index in [1.54, 1.807) is 20.3 Å². The second-order valence-corrected chi connectivity index (χ2v) is 6.95. The second-order valence-electron chi connectivity index (χ2n) is 6.95. The first kappa shape index (κ1) is 16.0. The minimum Gasteiger partial charge on any atom is -0.504 e. The Morgan fingerprint density at radius 1 is 0.889 bits per heavy atom. The minimum absolute atomic E-state index is 0.133. The fourth-order valence-corrected chi connectivity index (χ4v) is 4.43. The molecule has 5 rings (SSSR count). The van der Waals surface area contributed by atoms with Gasteiger partial charge in [-0.25, -0.2) is 0 Å². The van der Waals surface area contributed by atoms with Crippen molar-refractivity contribution in [2.75, 3.05) is 14.2 Å². The molecule has 0 saturated carbocycles. The van der Waals surface area contributed by atoms with Gasteiger partial charge >= 0.3 is 0 Å². The summed E-state index contributed by atoms with van der Waals surface area (Å²) in [5.74, 6) is 1.28. The van der Waals surface area contributed by atoms with E-state index in [9.17, 15) is 10.2 Å². The van der Waals surface area contributed by atoms with Gasteiger partial charge in [-0.3, -0.25) is 0 Å². The summed E-state index contributed by atoms with van der Waals surface area (Å²) < 4.78 is 13.0. The number of aryl methyl sites for hydroxylation is 2. The van der Waals surface area contributed by atoms with Gasteiger partial charge in [-0.2, -0.15) is 4.57 Å². The Balaban J connectivity index is 2.03. The Morgan fingerprint density at radius 2 is 1.67 bits per heavy atom. The van der Waals surface area contributed by atoms with Gasteiger partial charge in [0, 0.05) is 18.2 Å². The third-order valence-electron chi connectivity index (χ3n) is 5.62. The number of methoxy groups -OCH3 is 2. The molecule has 5 heteroatoms. The fourth-order valence-electron chi connectivity index (χ4n) is 4.43. The van der Waals surface area contributed by atoms with Crippen LogP contribution in [0.4, 0.5) is 0 Å². The van der Waals surface area contributed by atoms with E-state index in [2.05, 4.69) is 10.6 Å². The van der Waals surface area contributed by atoms with Crippen molar-refractivity contribution < 1.29 is 24.3 Å². The zero-order chi connectivity index (χ0) is 18.7. The van der Waals surface area contributed by atoms with Crippen LogP contribution in [0.2, 0.25) is 0 Å². The molecule has 0 unspecified atom stereocenters. The molecule has 1 aromatic heterocycles. The van der Waals surface area contributed by atoms with Crippen LogP contribution in [0.1, 0.15) is 12.1 Å². The van der Waals surface area contributed by atoms with Gasteiger partial charge in [0.1, 0.15) is 6.54 Å². The number of fused-ring (bicyclic) bond motifs is 8. The van der Waals surface area contributed by atoms with Gasteiger partial charge in [0.05, 0.1) is 30.4 Å². The SMILES string of the molecule is COc1cc2c(ccc3c4ccc(OC)c(O)c4c4[n+](c23)CCC4)cc1O. The Bertz CT molecular complexity index is 1250. The van der Waals surface area contributed by atoms with Crippen LogP contribution in [0.25, 0.3) is 32.4 Å². The van der Waals surface area contributed by atoms with Gasteiger partial charge in [-0.1, -0.05) is 6.07 Å². The van der Waals surface area contributed by atoms with Crippen molar-refractivity contribution in [3.63, 3.8) is 0 Å². The Kier molecular flexibility index (Phi) is 3.34. The summed E-state index contributed by atoms with van der Waals surface area (Å²) in [7, 11) is 3.13. The molecular formula is C22H20NO4+. The van der Waals surface area contributed by atoms with Crippen molar-refractivity contribution in [3.05, 3.63) is 42.1 Å². The van der Waals surface area contributed by atoms with E-state index in [1.807, 2.05) is 24.3 Å². The van der Waals surface area contributed by atoms with Crippen LogP contribution in [0.15, 0.2) is 36.4 Å². The molecule has 0 radical (unpaired) electrons. The maximum absolute atomic E-state index is 10.8. The summed E-state index contributed by atoms with van der Waals surface area (Å²) in [6, 6.07) is 11.5. The molecule has 2 heterocycles. The van der Waals surface area contributed by atoms with E-state index >= 15 is 0 Å². The monoisotopic (exact) mass is 362 g/mol. The highest BCUT2D eigenvalue weighted by Gasteiger charge is 2.30. The molecule has 0 spiro atoms. The largest absolute Gasteiger partial charge is 0.504 e. The summed E-state index contributed by atoms with van der Waals surface area (Å²) in [6.07, 6.45) is 1.93. The van der Waals surface area contributed by atoms with Crippen LogP contribution >= 0.6 is 0 Å². The average molecular weight is 362 g/mol. The van der Waals surface area contributed by atoms with Crippen molar-refractivity contribution in [1.29, 1.82) is 0 Å². The van der Waals surface area contributed by atoms with Gasteiger partial charge in [-0.05, 0) is 35.7 Å². The third kappa shape index (κ3) is 2.08. The van der Waals surface area contributed by atoms with Gasteiger partial charge in [0.15, 0.2) is 28.7 Å². The maximum Gasteiger partial charge on any atom is 0.221 e. The standard InChI is InChI=1S/C22H19NO4/c1-26-18-8-7-13-14-6-5-12-10-17(24)19(27-2)11-15(12)21(14)23-9-3-4-16(23)20(13)22(18)25/h5-8,10-11H,3-4,9H2,1-2H3,(H,24,25)/p+1. The molecule has 0 atom stereocenters. The summed E-state index contributed by atoms with van der Waals surface area (Å²) in [4.78, 5) is 0. The zero-order valence-corrected chi connectivity index (χ0v) is 15.2. The van der Waals surface area contributed by atoms with E-state index in [0.717, 1.165) is 57.5 Å². The first-order valence-electron chi connectivity index (χ1n) is 9.02. The number of hydrogen-bond donors (Lipinski definition) is 2. The number of ether oxygens (including phenoxy) is 2. The molecule has 0 amide bonds. The summed E-state index contributed by atoms with van der Waals surface area (Å²) in [5, 5.41) is 25.9. The van der Waals surface area contributed by atoms with Crippen molar-refractivity contribution in [3.8, 4) is 23.0 Å². The van der Waals surface area contributed by atoms with Crippen LogP contribution in [0.5, 0.6) is 23.0 Å². The number of benzene rings is 3. The number of nitrogens with zero attached hydrogens (tertiary/aromatic N) is 1. The fraction of sp³-hybridized carbons (Fsp3) is 0.227. The normalized spacial score (nSPS) is 13.4. The van der Waals surface area contributed by atoms with E-state index < -0.39 is 0 Å². The lowest BCUT2D eigenvalue weighted by molar-refractivity contribution is -0.662. The lowest BCUT2D eigenvalue weighted by Gasteiger charge is -2.12. The topological polar surface area (TPSA) is 62.8 Å². The van der Waals surface area contributed by atoms with Crippen molar-refractivity contribution in [1.82, 2.24) is 0 Å². The highest BCUT2D eigenvalue weighted by molar-refractivity contribution is 6.15. The van der Waals surface area contributed by atoms with Crippen molar-refractivity contribution in [2.45, 2.75) is 19.4 Å². The number of pyridine rings is 1. The highest BCUT2D eigenvalue weighted by atomic mass is 16.5. The lowest BCUT2D eigenvalue weighted by atomic mass is 9.98. The van der Waals surface area contributed by atoms with E-state index in [-0.39, 0.29) is 11.5 Å². The quantitative estimate of drug-likeness (QED) is 0.420. The van der Waals surface area contributed by atoms with Gasteiger partial charge in [0.25, 0.3) is 0 Å². The smallest absolute Gasteiger partial charge is 0.221 e. The molecule has 27 heavy (non-hydrogen) atoms. The van der Waals surface area contributed by atoms with Gasteiger partial charge in [0.2, 0.25) is 5.52 Å². The number of aromatic nitrogens is 1. The predicted octanol–water partition coefficient (Wildman–Crippen LogP) is 3.81. The van der Waals surface area contributed by atoms with Crippen LogP contribution in [0.3, 0.4) is 0 Å². The van der Waals surface area contributed by atoms with Crippen molar-refractivity contribution in [2.24, 2.45) is 0 Å². The third-order valence-corrected chi connectivity index (χ3v) is 5.62. The van der Waals surface area contributed by atoms with E-state index in [0.29, 0.717) is 11.5 Å². The lowest BCUT2D eigenvalue weighted by Crippen LogP contribution is -2.34. The molecule has 5 nitrogen and oxygen atoms in total. The number of phenolic OH excluding ortho intramolecular Hbond substituents is 2. The molecular weight excluding hydrogens is 342 g/mol. The Morgan fingerprint density at radius 3 is 2.44 bits per heavy atom. The van der Waals surface area contributed by atoms with Crippen LogP contribution in [0, 0.1) is 0 Å². The van der Waals surface area contributed by atoms with Crippen molar-refractivity contribution >= 4 is 32.4 Å². The van der Waals surface area contributed by atoms with Crippen LogP contribution < -0.4 is 14.0 Å². The molecule has 4 aromatic rings. The Labute approximate surface area is 156 Å². The number of aromatic hydroxyl groups is 2. The molecule has 1 aliphatic heterocycles. The number of phenols is 2. The molecule has 0 fully saturated rings. The maximum atomic E-state index is 10.8. The Hall–Kier alpha value is -3.21.